The van der Waals surface area contributed by atoms with Crippen LogP contribution in [0, 0.1) is 0 Å². The number of nitrogens with zero attached hydrogens (tertiary/aromatic N) is 1. The van der Waals surface area contributed by atoms with Gasteiger partial charge < -0.3 is 20.1 Å². The molecule has 0 aliphatic carbocycles. The molecule has 3 rings (SSSR count). The molecule has 31 heavy (non-hydrogen) atoms. The largest absolute Gasteiger partial charge is 0.497 e. The molecule has 7 heteroatoms. The second kappa shape index (κ2) is 11.4. The first-order valence-corrected chi connectivity index (χ1v) is 11.1. The van der Waals surface area contributed by atoms with Gasteiger partial charge in [-0.15, -0.1) is 0 Å². The summed E-state index contributed by atoms with van der Waals surface area (Å²) in [6.07, 6.45) is 2.35. The summed E-state index contributed by atoms with van der Waals surface area (Å²) < 4.78 is 10.8. The van der Waals surface area contributed by atoms with Gasteiger partial charge >= 0.3 is 0 Å². The minimum Gasteiger partial charge on any atom is -0.497 e. The molecule has 6 nitrogen and oxygen atoms in total. The fourth-order valence-electron chi connectivity index (χ4n) is 4.04. The Labute approximate surface area is 189 Å². The van der Waals surface area contributed by atoms with Gasteiger partial charge in [-0.1, -0.05) is 29.8 Å². The number of likely N-dealkylation sites (tertiary alicyclic amines) is 1. The van der Waals surface area contributed by atoms with Gasteiger partial charge in [0.2, 0.25) is 5.91 Å². The Morgan fingerprint density at radius 3 is 2.52 bits per heavy atom. The Morgan fingerprint density at radius 2 is 1.84 bits per heavy atom. The predicted molar refractivity (Wildman–Crippen MR) is 124 cm³/mol. The number of carbonyl (C=O) groups excluding carboxylic acids is 1. The molecule has 0 radical (unpaired) electrons. The van der Waals surface area contributed by atoms with Crippen LogP contribution in [-0.2, 0) is 4.79 Å². The smallest absolute Gasteiger partial charge is 0.234 e. The monoisotopic (exact) mass is 445 g/mol. The number of nitrogens with one attached hydrogen (secondary N) is 2. The number of halogens is 1. The number of amides is 1. The molecule has 1 aliphatic heterocycles. The molecule has 2 unspecified atom stereocenters. The minimum absolute atomic E-state index is 0.0510. The number of hydrogen-bond donors (Lipinski definition) is 2. The third-order valence-corrected chi connectivity index (χ3v) is 6.15. The Morgan fingerprint density at radius 1 is 1.10 bits per heavy atom. The Hall–Kier alpha value is -2.28. The van der Waals surface area contributed by atoms with Gasteiger partial charge in [-0.25, -0.2) is 0 Å². The van der Waals surface area contributed by atoms with Crippen molar-refractivity contribution in [2.45, 2.75) is 31.8 Å². The topological polar surface area (TPSA) is 62.8 Å². The van der Waals surface area contributed by atoms with Gasteiger partial charge in [0.25, 0.3) is 0 Å². The van der Waals surface area contributed by atoms with Crippen LogP contribution < -0.4 is 20.1 Å². The second-order valence-corrected chi connectivity index (χ2v) is 8.20. The quantitative estimate of drug-likeness (QED) is 0.579. The highest BCUT2D eigenvalue weighted by Crippen LogP contribution is 2.30. The van der Waals surface area contributed by atoms with E-state index in [1.165, 1.54) is 12.8 Å². The molecule has 0 aromatic heterocycles. The first kappa shape index (κ1) is 23.4. The van der Waals surface area contributed by atoms with Crippen LogP contribution >= 0.6 is 11.6 Å². The molecule has 0 bridgehead atoms. The zero-order chi connectivity index (χ0) is 22.2. The average molecular weight is 446 g/mol. The third-order valence-electron chi connectivity index (χ3n) is 5.81. The van der Waals surface area contributed by atoms with Crippen LogP contribution in [0.25, 0.3) is 0 Å². The highest BCUT2D eigenvalue weighted by atomic mass is 35.5. The lowest BCUT2D eigenvalue weighted by atomic mass is 10.1. The van der Waals surface area contributed by atoms with Gasteiger partial charge in [0.1, 0.15) is 11.5 Å². The van der Waals surface area contributed by atoms with Gasteiger partial charge in [-0.2, -0.15) is 0 Å². The summed E-state index contributed by atoms with van der Waals surface area (Å²) in [5.41, 5.74) is 2.01. The maximum atomic E-state index is 12.6. The van der Waals surface area contributed by atoms with Crippen LogP contribution in [0.4, 0.5) is 0 Å². The molecule has 0 saturated carbocycles. The zero-order valence-electron chi connectivity index (χ0n) is 18.5. The number of rotatable bonds is 10. The Balaban J connectivity index is 1.59. The summed E-state index contributed by atoms with van der Waals surface area (Å²) in [5.74, 6) is 1.46. The van der Waals surface area contributed by atoms with E-state index in [4.69, 9.17) is 21.1 Å². The van der Waals surface area contributed by atoms with Crippen LogP contribution in [0.5, 0.6) is 11.5 Å². The SMILES string of the molecule is COc1ccc(OC)c(C(C)NCC(=O)NCC(c2ccccc2Cl)N2CCCC2)c1. The number of methoxy groups -OCH3 is 2. The summed E-state index contributed by atoms with van der Waals surface area (Å²) in [4.78, 5) is 15.0. The van der Waals surface area contributed by atoms with Crippen molar-refractivity contribution in [1.29, 1.82) is 0 Å². The fraction of sp³-hybridized carbons (Fsp3) is 0.458. The van der Waals surface area contributed by atoms with Crippen LogP contribution in [0.3, 0.4) is 0 Å². The minimum atomic E-state index is -0.0752. The van der Waals surface area contributed by atoms with Crippen molar-refractivity contribution in [3.05, 3.63) is 58.6 Å². The number of ether oxygens (including phenoxy) is 2. The maximum absolute atomic E-state index is 12.6. The zero-order valence-corrected chi connectivity index (χ0v) is 19.2. The molecule has 1 fully saturated rings. The average Bonchev–Trinajstić information content (AvgIpc) is 3.33. The molecule has 2 atom stereocenters. The van der Waals surface area contributed by atoms with Gasteiger partial charge in [-0.3, -0.25) is 9.69 Å². The number of benzene rings is 2. The molecule has 2 aromatic carbocycles. The van der Waals surface area contributed by atoms with Crippen LogP contribution in [0.15, 0.2) is 42.5 Å². The van der Waals surface area contributed by atoms with Gasteiger partial charge in [0.15, 0.2) is 0 Å². The lowest BCUT2D eigenvalue weighted by molar-refractivity contribution is -0.120. The fourth-order valence-corrected chi connectivity index (χ4v) is 4.30. The highest BCUT2D eigenvalue weighted by Gasteiger charge is 2.25. The molecule has 2 aromatic rings. The van der Waals surface area contributed by atoms with Crippen molar-refractivity contribution in [2.24, 2.45) is 0 Å². The van der Waals surface area contributed by atoms with E-state index in [-0.39, 0.29) is 24.5 Å². The molecule has 1 heterocycles. The lowest BCUT2D eigenvalue weighted by Crippen LogP contribution is -2.40. The molecule has 168 valence electrons. The van der Waals surface area contributed by atoms with Crippen LogP contribution in [0.1, 0.15) is 43.0 Å². The molecule has 1 amide bonds. The molecule has 0 spiro atoms. The Bertz CT molecular complexity index is 871. The second-order valence-electron chi connectivity index (χ2n) is 7.79. The molecular formula is C24H32ClN3O3. The summed E-state index contributed by atoms with van der Waals surface area (Å²) in [7, 11) is 3.27. The van der Waals surface area contributed by atoms with Crippen molar-refractivity contribution < 1.29 is 14.3 Å². The van der Waals surface area contributed by atoms with E-state index >= 15 is 0 Å². The summed E-state index contributed by atoms with van der Waals surface area (Å²) >= 11 is 6.46. The molecular weight excluding hydrogens is 414 g/mol. The van der Waals surface area contributed by atoms with E-state index in [1.807, 2.05) is 49.4 Å². The molecule has 1 saturated heterocycles. The standard InChI is InChI=1S/C24H32ClN3O3/c1-17(20-14-18(30-2)10-11-23(20)31-3)26-16-24(29)27-15-22(28-12-6-7-13-28)19-8-4-5-9-21(19)25/h4-5,8-11,14,17,22,26H,6-7,12-13,15-16H2,1-3H3,(H,27,29). The van der Waals surface area contributed by atoms with E-state index in [0.717, 1.165) is 40.7 Å². The summed E-state index contributed by atoms with van der Waals surface area (Å²) in [5, 5.41) is 7.11. The van der Waals surface area contributed by atoms with Crippen molar-refractivity contribution in [3.63, 3.8) is 0 Å². The van der Waals surface area contributed by atoms with Gasteiger partial charge in [0, 0.05) is 23.2 Å². The number of hydrogen-bond acceptors (Lipinski definition) is 5. The molecule has 1 aliphatic rings. The first-order chi connectivity index (χ1) is 15.0. The van der Waals surface area contributed by atoms with Crippen molar-refractivity contribution in [2.75, 3.05) is 40.4 Å². The lowest BCUT2D eigenvalue weighted by Gasteiger charge is -2.29. The normalized spacial score (nSPS) is 16.0. The van der Waals surface area contributed by atoms with Gasteiger partial charge in [0.05, 0.1) is 26.8 Å². The van der Waals surface area contributed by atoms with Crippen LogP contribution in [-0.4, -0.2) is 51.2 Å². The van der Waals surface area contributed by atoms with Crippen molar-refractivity contribution in [3.8, 4) is 11.5 Å². The van der Waals surface area contributed by atoms with E-state index in [2.05, 4.69) is 15.5 Å². The van der Waals surface area contributed by atoms with E-state index < -0.39 is 0 Å². The summed E-state index contributed by atoms with van der Waals surface area (Å²) in [6, 6.07) is 13.5. The Kier molecular flexibility index (Phi) is 8.58. The van der Waals surface area contributed by atoms with E-state index in [9.17, 15) is 4.79 Å². The highest BCUT2D eigenvalue weighted by molar-refractivity contribution is 6.31. The van der Waals surface area contributed by atoms with Crippen LogP contribution in [0.2, 0.25) is 5.02 Å². The number of carbonyl (C=O) groups is 1. The summed E-state index contributed by atoms with van der Waals surface area (Å²) in [6.45, 7) is 4.78. The maximum Gasteiger partial charge on any atom is 0.234 e. The first-order valence-electron chi connectivity index (χ1n) is 10.7. The van der Waals surface area contributed by atoms with E-state index in [0.29, 0.717) is 6.54 Å². The van der Waals surface area contributed by atoms with E-state index in [1.54, 1.807) is 14.2 Å². The van der Waals surface area contributed by atoms with Crippen molar-refractivity contribution in [1.82, 2.24) is 15.5 Å². The molecule has 2 N–H and O–H groups in total. The van der Waals surface area contributed by atoms with Gasteiger partial charge in [-0.05, 0) is 62.7 Å². The predicted octanol–water partition coefficient (Wildman–Crippen LogP) is 3.96. The van der Waals surface area contributed by atoms with Crippen molar-refractivity contribution >= 4 is 17.5 Å². The third kappa shape index (κ3) is 6.12.